The van der Waals surface area contributed by atoms with Crippen LogP contribution in [0.25, 0.3) is 22.6 Å². The van der Waals surface area contributed by atoms with Gasteiger partial charge in [-0.3, -0.25) is 0 Å². The van der Waals surface area contributed by atoms with Crippen LogP contribution >= 0.6 is 11.3 Å². The maximum absolute atomic E-state index is 11.2. The Hall–Kier alpha value is -3.73. The molecule has 0 bridgehead atoms. The molecule has 4 N–H and O–H groups in total. The molecule has 46 heavy (non-hydrogen) atoms. The summed E-state index contributed by atoms with van der Waals surface area (Å²) < 4.78 is 14.7. The zero-order valence-electron chi connectivity index (χ0n) is 26.3. The van der Waals surface area contributed by atoms with E-state index in [1.165, 1.54) is 4.88 Å². The first-order valence-corrected chi connectivity index (χ1v) is 17.6. The summed E-state index contributed by atoms with van der Waals surface area (Å²) in [6.07, 6.45) is 9.12. The van der Waals surface area contributed by atoms with Crippen molar-refractivity contribution in [1.29, 1.82) is 5.26 Å². The van der Waals surface area contributed by atoms with Crippen molar-refractivity contribution >= 4 is 33.2 Å². The molecule has 12 nitrogen and oxygen atoms in total. The van der Waals surface area contributed by atoms with Crippen LogP contribution in [0.5, 0.6) is 5.88 Å². The Morgan fingerprint density at radius 1 is 1.17 bits per heavy atom. The zero-order chi connectivity index (χ0) is 31.4. The van der Waals surface area contributed by atoms with Crippen LogP contribution in [-0.2, 0) is 18.3 Å². The lowest BCUT2D eigenvalue weighted by Crippen LogP contribution is -2.53. The molecular weight excluding hydrogens is 602 g/mol. The van der Waals surface area contributed by atoms with Gasteiger partial charge in [-0.2, -0.15) is 5.26 Å². The summed E-state index contributed by atoms with van der Waals surface area (Å²) >= 11 is 1.54. The molecule has 240 valence electrons. The second-order valence-electron chi connectivity index (χ2n) is 14.3. The van der Waals surface area contributed by atoms with E-state index in [1.54, 1.807) is 11.3 Å². The normalized spacial score (nSPS) is 29.1. The molecule has 13 heteroatoms. The van der Waals surface area contributed by atoms with Crippen molar-refractivity contribution in [3.8, 4) is 23.5 Å². The second kappa shape index (κ2) is 10.1. The SMILES string of the molecule is C[C@@H]([C@@H]1CCCN1)n1nc2c3c(nc(-c4noc5c4CCC[C@@]54CCCc5sc(N)c(C#N)c54)nc31)N1C[C@@](C)(O)CC[C@@H]1CO2. The van der Waals surface area contributed by atoms with E-state index < -0.39 is 11.0 Å². The number of hydrogen-bond acceptors (Lipinski definition) is 12. The van der Waals surface area contributed by atoms with E-state index in [1.807, 2.05) is 11.6 Å². The first kappa shape index (κ1) is 28.5. The minimum atomic E-state index is -0.853. The molecule has 4 aromatic rings. The Morgan fingerprint density at radius 3 is 2.83 bits per heavy atom. The van der Waals surface area contributed by atoms with Crippen LogP contribution in [0.3, 0.4) is 0 Å². The number of nitrogens with two attached hydrogens (primary N) is 1. The second-order valence-corrected chi connectivity index (χ2v) is 15.4. The molecule has 0 radical (unpaired) electrons. The predicted molar refractivity (Wildman–Crippen MR) is 173 cm³/mol. The smallest absolute Gasteiger partial charge is 0.246 e. The lowest BCUT2D eigenvalue weighted by Gasteiger charge is -2.42. The third kappa shape index (κ3) is 4.02. The van der Waals surface area contributed by atoms with Gasteiger partial charge in [0, 0.05) is 23.0 Å². The molecule has 5 aliphatic rings. The molecule has 0 aromatic carbocycles. The van der Waals surface area contributed by atoms with Gasteiger partial charge in [-0.25, -0.2) is 14.6 Å². The number of rotatable bonds is 3. The van der Waals surface area contributed by atoms with Crippen molar-refractivity contribution in [3.63, 3.8) is 0 Å². The van der Waals surface area contributed by atoms with Crippen molar-refractivity contribution < 1.29 is 14.4 Å². The van der Waals surface area contributed by atoms with Gasteiger partial charge in [0.1, 0.15) is 28.9 Å². The minimum Gasteiger partial charge on any atom is -0.474 e. The van der Waals surface area contributed by atoms with Gasteiger partial charge in [-0.05, 0) is 90.2 Å². The molecule has 0 saturated carbocycles. The fraction of sp³-hybridized carbons (Fsp3) is 0.606. The monoisotopic (exact) mass is 641 g/mol. The van der Waals surface area contributed by atoms with E-state index in [-0.39, 0.29) is 18.1 Å². The standard InChI is InChI=1S/C33H39N9O3S/c1-17(21-7-5-13-36-21)42-30-23-29(41-16-32(2,43)12-9-18(41)15-44-31(23)39-42)37-28(38-30)25-19-6-3-10-33(26(19)45-40-25)11-4-8-22-24(33)20(14-34)27(35)46-22/h17-18,21,36,43H,3-13,15-16,35H2,1-2H3/t17-,18+,21-,32-,33-/m0/s1. The first-order valence-electron chi connectivity index (χ1n) is 16.7. The van der Waals surface area contributed by atoms with E-state index in [0.717, 1.165) is 92.4 Å². The summed E-state index contributed by atoms with van der Waals surface area (Å²) in [6, 6.07) is 2.79. The summed E-state index contributed by atoms with van der Waals surface area (Å²) in [5, 5.41) is 36.1. The van der Waals surface area contributed by atoms with E-state index in [4.69, 9.17) is 35.2 Å². The number of anilines is 2. The number of ether oxygens (including phenoxy) is 1. The van der Waals surface area contributed by atoms with Crippen LogP contribution in [0, 0.1) is 11.3 Å². The predicted octanol–water partition coefficient (Wildman–Crippen LogP) is 4.38. The summed E-state index contributed by atoms with van der Waals surface area (Å²) in [5.41, 5.74) is 9.12. The quantitative estimate of drug-likeness (QED) is 0.291. The molecule has 0 unspecified atom stereocenters. The highest BCUT2D eigenvalue weighted by Gasteiger charge is 2.49. The van der Waals surface area contributed by atoms with Gasteiger partial charge in [0.2, 0.25) is 5.88 Å². The van der Waals surface area contributed by atoms with Gasteiger partial charge in [0.25, 0.3) is 0 Å². The van der Waals surface area contributed by atoms with E-state index in [0.29, 0.717) is 53.2 Å². The number of aryl methyl sites for hydroxylation is 1. The van der Waals surface area contributed by atoms with Crippen molar-refractivity contribution in [2.24, 2.45) is 0 Å². The summed E-state index contributed by atoms with van der Waals surface area (Å²) in [7, 11) is 0. The molecular formula is C33H39N9O3S. The number of thiophene rings is 1. The number of fused-ring (bicyclic) bond motifs is 6. The number of hydrogen-bond donors (Lipinski definition) is 3. The maximum Gasteiger partial charge on any atom is 0.246 e. The number of piperidine rings is 1. The molecule has 5 atom stereocenters. The summed E-state index contributed by atoms with van der Waals surface area (Å²) in [6.45, 7) is 5.98. The van der Waals surface area contributed by atoms with Crippen LogP contribution in [0.4, 0.5) is 10.8 Å². The van der Waals surface area contributed by atoms with E-state index >= 15 is 0 Å². The minimum absolute atomic E-state index is 0.0428. The molecule has 4 aromatic heterocycles. The maximum atomic E-state index is 11.2. The molecule has 2 aliphatic carbocycles. The number of aromatic nitrogens is 5. The van der Waals surface area contributed by atoms with Gasteiger partial charge < -0.3 is 30.3 Å². The largest absolute Gasteiger partial charge is 0.474 e. The van der Waals surface area contributed by atoms with Crippen LogP contribution < -0.4 is 20.7 Å². The van der Waals surface area contributed by atoms with E-state index in [9.17, 15) is 10.4 Å². The number of nitrogen functional groups attached to an aromatic ring is 1. The lowest BCUT2D eigenvalue weighted by molar-refractivity contribution is 0.0321. The fourth-order valence-electron chi connectivity index (χ4n) is 9.00. The summed E-state index contributed by atoms with van der Waals surface area (Å²) in [4.78, 5) is 13.8. The topological polar surface area (TPSA) is 164 Å². The van der Waals surface area contributed by atoms with Crippen LogP contribution in [-0.4, -0.2) is 67.4 Å². The third-order valence-electron chi connectivity index (χ3n) is 11.3. The Balaban J connectivity index is 1.24. The number of aliphatic hydroxyl groups is 1. The number of nitrogens with zero attached hydrogens (tertiary/aromatic N) is 7. The number of nitrogens with one attached hydrogen (secondary N) is 1. The van der Waals surface area contributed by atoms with E-state index in [2.05, 4.69) is 23.2 Å². The molecule has 9 rings (SSSR count). The van der Waals surface area contributed by atoms with Gasteiger partial charge in [0.05, 0.1) is 28.7 Å². The van der Waals surface area contributed by atoms with Crippen molar-refractivity contribution in [2.45, 2.75) is 107 Å². The highest BCUT2D eigenvalue weighted by Crippen LogP contribution is 2.55. The Morgan fingerprint density at radius 2 is 2.02 bits per heavy atom. The average Bonchev–Trinajstić information content (AvgIpc) is 3.84. The first-order chi connectivity index (χ1) is 22.3. The Bertz CT molecular complexity index is 1910. The van der Waals surface area contributed by atoms with Crippen molar-refractivity contribution in [1.82, 2.24) is 30.2 Å². The zero-order valence-corrected chi connectivity index (χ0v) is 27.1. The summed E-state index contributed by atoms with van der Waals surface area (Å²) in [5.74, 6) is 2.61. The highest BCUT2D eigenvalue weighted by molar-refractivity contribution is 7.16. The molecule has 3 aliphatic heterocycles. The van der Waals surface area contributed by atoms with Crippen molar-refractivity contribution in [3.05, 3.63) is 27.3 Å². The molecule has 2 fully saturated rings. The van der Waals surface area contributed by atoms with Crippen LogP contribution in [0.2, 0.25) is 0 Å². The Kier molecular flexibility index (Phi) is 6.28. The molecule has 1 spiro atoms. The molecule has 0 amide bonds. The highest BCUT2D eigenvalue weighted by atomic mass is 32.1. The molecule has 2 saturated heterocycles. The third-order valence-corrected chi connectivity index (χ3v) is 12.4. The lowest BCUT2D eigenvalue weighted by atomic mass is 9.63. The van der Waals surface area contributed by atoms with Gasteiger partial charge in [0.15, 0.2) is 22.9 Å². The fourth-order valence-corrected chi connectivity index (χ4v) is 10.2. The molecule has 7 heterocycles. The van der Waals surface area contributed by atoms with Gasteiger partial charge in [-0.15, -0.1) is 16.4 Å². The van der Waals surface area contributed by atoms with Gasteiger partial charge in [-0.1, -0.05) is 5.16 Å². The Labute approximate surface area is 270 Å². The van der Waals surface area contributed by atoms with Gasteiger partial charge >= 0.3 is 0 Å². The average molecular weight is 642 g/mol. The van der Waals surface area contributed by atoms with Crippen LogP contribution in [0.1, 0.15) is 98.6 Å². The van der Waals surface area contributed by atoms with Crippen molar-refractivity contribution in [2.75, 3.05) is 30.3 Å². The number of nitriles is 1. The van der Waals surface area contributed by atoms with Crippen LogP contribution in [0.15, 0.2) is 4.52 Å².